The smallest absolute Gasteiger partial charge is 0.225 e. The number of hydrogen-bond donors (Lipinski definition) is 0. The van der Waals surface area contributed by atoms with Gasteiger partial charge in [0.1, 0.15) is 0 Å². The van der Waals surface area contributed by atoms with E-state index in [1.54, 1.807) is 12.4 Å². The predicted octanol–water partition coefficient (Wildman–Crippen LogP) is 2.45. The van der Waals surface area contributed by atoms with Crippen molar-refractivity contribution in [1.29, 1.82) is 0 Å². The lowest BCUT2D eigenvalue weighted by molar-refractivity contribution is 0.249. The van der Waals surface area contributed by atoms with Gasteiger partial charge in [-0.05, 0) is 17.7 Å². The summed E-state index contributed by atoms with van der Waals surface area (Å²) in [5.74, 6) is 0.824. The van der Waals surface area contributed by atoms with Gasteiger partial charge < -0.3 is 4.90 Å². The molecular weight excluding hydrogens is 272 g/mol. The molecule has 1 aromatic heterocycles. The van der Waals surface area contributed by atoms with Crippen molar-refractivity contribution in [2.45, 2.75) is 6.54 Å². The third-order valence-electron chi connectivity index (χ3n) is 3.56. The summed E-state index contributed by atoms with van der Waals surface area (Å²) >= 11 is 6.21. The second-order valence-electron chi connectivity index (χ2n) is 4.90. The van der Waals surface area contributed by atoms with Crippen LogP contribution in [0.2, 0.25) is 5.02 Å². The molecule has 1 aromatic carbocycles. The maximum atomic E-state index is 6.21. The highest BCUT2D eigenvalue weighted by molar-refractivity contribution is 6.31. The van der Waals surface area contributed by atoms with Gasteiger partial charge in [-0.1, -0.05) is 29.8 Å². The number of nitrogens with zero attached hydrogens (tertiary/aromatic N) is 4. The number of piperazine rings is 1. The maximum absolute atomic E-state index is 6.21. The summed E-state index contributed by atoms with van der Waals surface area (Å²) in [5, 5.41) is 0.848. The van der Waals surface area contributed by atoms with E-state index in [2.05, 4.69) is 25.8 Å². The molecule has 2 heterocycles. The summed E-state index contributed by atoms with van der Waals surface area (Å²) in [7, 11) is 0. The predicted molar refractivity (Wildman–Crippen MR) is 81.0 cm³/mol. The third kappa shape index (κ3) is 3.08. The van der Waals surface area contributed by atoms with Crippen molar-refractivity contribution in [3.05, 3.63) is 53.3 Å². The average molecular weight is 289 g/mol. The molecule has 0 unspecified atom stereocenters. The molecule has 0 bridgehead atoms. The standard InChI is InChI=1S/C15H17ClN4/c16-14-5-2-1-4-13(14)12-19-8-10-20(11-9-19)15-17-6-3-7-18-15/h1-7H,8-12H2. The zero-order valence-electron chi connectivity index (χ0n) is 11.2. The summed E-state index contributed by atoms with van der Waals surface area (Å²) < 4.78 is 0. The lowest BCUT2D eigenvalue weighted by atomic mass is 10.2. The molecular formula is C15H17ClN4. The van der Waals surface area contributed by atoms with E-state index in [0.29, 0.717) is 0 Å². The van der Waals surface area contributed by atoms with Gasteiger partial charge in [0.15, 0.2) is 0 Å². The summed E-state index contributed by atoms with van der Waals surface area (Å²) in [6.07, 6.45) is 3.58. The van der Waals surface area contributed by atoms with Gasteiger partial charge in [-0.15, -0.1) is 0 Å². The fraction of sp³-hybridized carbons (Fsp3) is 0.333. The second kappa shape index (κ2) is 6.20. The SMILES string of the molecule is Clc1ccccc1CN1CCN(c2ncccn2)CC1. The Kier molecular flexibility index (Phi) is 4.14. The normalized spacial score (nSPS) is 16.4. The molecule has 0 atom stereocenters. The summed E-state index contributed by atoms with van der Waals surface area (Å²) in [4.78, 5) is 13.2. The lowest BCUT2D eigenvalue weighted by Crippen LogP contribution is -2.46. The molecule has 2 aromatic rings. The van der Waals surface area contributed by atoms with E-state index in [4.69, 9.17) is 11.6 Å². The highest BCUT2D eigenvalue weighted by Crippen LogP contribution is 2.18. The highest BCUT2D eigenvalue weighted by Gasteiger charge is 2.19. The van der Waals surface area contributed by atoms with Gasteiger partial charge in [0, 0.05) is 50.1 Å². The Bertz CT molecular complexity index is 553. The van der Waals surface area contributed by atoms with Crippen LogP contribution in [0.15, 0.2) is 42.7 Å². The highest BCUT2D eigenvalue weighted by atomic mass is 35.5. The minimum atomic E-state index is 0.824. The molecule has 0 radical (unpaired) electrons. The topological polar surface area (TPSA) is 32.3 Å². The van der Waals surface area contributed by atoms with E-state index in [9.17, 15) is 0 Å². The average Bonchev–Trinajstić information content (AvgIpc) is 2.51. The van der Waals surface area contributed by atoms with Crippen LogP contribution < -0.4 is 4.90 Å². The van der Waals surface area contributed by atoms with Gasteiger partial charge in [0.05, 0.1) is 0 Å². The summed E-state index contributed by atoms with van der Waals surface area (Å²) in [6, 6.07) is 9.89. The Morgan fingerprint density at radius 2 is 1.65 bits per heavy atom. The Morgan fingerprint density at radius 3 is 2.35 bits per heavy atom. The molecule has 20 heavy (non-hydrogen) atoms. The first-order valence-electron chi connectivity index (χ1n) is 6.80. The number of anilines is 1. The van der Waals surface area contributed by atoms with Crippen LogP contribution in [-0.2, 0) is 6.54 Å². The molecule has 4 nitrogen and oxygen atoms in total. The summed E-state index contributed by atoms with van der Waals surface area (Å²) in [5.41, 5.74) is 1.19. The lowest BCUT2D eigenvalue weighted by Gasteiger charge is -2.34. The minimum absolute atomic E-state index is 0.824. The van der Waals surface area contributed by atoms with E-state index in [1.807, 2.05) is 24.3 Å². The van der Waals surface area contributed by atoms with E-state index in [1.165, 1.54) is 5.56 Å². The molecule has 0 N–H and O–H groups in total. The van der Waals surface area contributed by atoms with Crippen molar-refractivity contribution >= 4 is 17.5 Å². The minimum Gasteiger partial charge on any atom is -0.338 e. The number of hydrogen-bond acceptors (Lipinski definition) is 4. The molecule has 5 heteroatoms. The van der Waals surface area contributed by atoms with Crippen LogP contribution in [0.25, 0.3) is 0 Å². The second-order valence-corrected chi connectivity index (χ2v) is 5.31. The maximum Gasteiger partial charge on any atom is 0.225 e. The molecule has 104 valence electrons. The molecule has 0 amide bonds. The van der Waals surface area contributed by atoms with Crippen LogP contribution in [0.3, 0.4) is 0 Å². The first kappa shape index (κ1) is 13.3. The summed E-state index contributed by atoms with van der Waals surface area (Å²) in [6.45, 7) is 4.82. The van der Waals surface area contributed by atoms with Crippen LogP contribution in [0.4, 0.5) is 5.95 Å². The largest absolute Gasteiger partial charge is 0.338 e. The van der Waals surface area contributed by atoms with Crippen molar-refractivity contribution in [1.82, 2.24) is 14.9 Å². The number of benzene rings is 1. The number of aromatic nitrogens is 2. The van der Waals surface area contributed by atoms with E-state index >= 15 is 0 Å². The molecule has 0 saturated carbocycles. The third-order valence-corrected chi connectivity index (χ3v) is 3.93. The van der Waals surface area contributed by atoms with Crippen LogP contribution in [0.5, 0.6) is 0 Å². The molecule has 0 aliphatic carbocycles. The van der Waals surface area contributed by atoms with Crippen LogP contribution >= 0.6 is 11.6 Å². The van der Waals surface area contributed by atoms with Crippen molar-refractivity contribution < 1.29 is 0 Å². The van der Waals surface area contributed by atoms with Crippen molar-refractivity contribution in [3.63, 3.8) is 0 Å². The van der Waals surface area contributed by atoms with Gasteiger partial charge in [0.25, 0.3) is 0 Å². The monoisotopic (exact) mass is 288 g/mol. The molecule has 3 rings (SSSR count). The van der Waals surface area contributed by atoms with Crippen molar-refractivity contribution in [3.8, 4) is 0 Å². The van der Waals surface area contributed by atoms with Gasteiger partial charge in [0.2, 0.25) is 5.95 Å². The Hall–Kier alpha value is -1.65. The zero-order valence-corrected chi connectivity index (χ0v) is 12.0. The van der Waals surface area contributed by atoms with Gasteiger partial charge >= 0.3 is 0 Å². The van der Waals surface area contributed by atoms with E-state index in [0.717, 1.165) is 43.7 Å². The zero-order chi connectivity index (χ0) is 13.8. The van der Waals surface area contributed by atoms with Crippen molar-refractivity contribution in [2.24, 2.45) is 0 Å². The number of halogens is 1. The van der Waals surface area contributed by atoms with Gasteiger partial charge in [-0.3, -0.25) is 4.90 Å². The molecule has 1 aliphatic heterocycles. The van der Waals surface area contributed by atoms with Crippen molar-refractivity contribution in [2.75, 3.05) is 31.1 Å². The Morgan fingerprint density at radius 1 is 0.950 bits per heavy atom. The van der Waals surface area contributed by atoms with Crippen LogP contribution in [0, 0.1) is 0 Å². The fourth-order valence-corrected chi connectivity index (χ4v) is 2.62. The molecule has 1 fully saturated rings. The molecule has 1 aliphatic rings. The Balaban J connectivity index is 1.58. The van der Waals surface area contributed by atoms with Gasteiger partial charge in [-0.25, -0.2) is 9.97 Å². The first-order valence-corrected chi connectivity index (χ1v) is 7.18. The Labute approximate surface area is 124 Å². The molecule has 1 saturated heterocycles. The fourth-order valence-electron chi connectivity index (χ4n) is 2.43. The van der Waals surface area contributed by atoms with Crippen LogP contribution in [-0.4, -0.2) is 41.0 Å². The number of rotatable bonds is 3. The van der Waals surface area contributed by atoms with E-state index in [-0.39, 0.29) is 0 Å². The quantitative estimate of drug-likeness (QED) is 0.868. The molecule has 0 spiro atoms. The first-order chi connectivity index (χ1) is 9.83. The van der Waals surface area contributed by atoms with Gasteiger partial charge in [-0.2, -0.15) is 0 Å². The van der Waals surface area contributed by atoms with E-state index < -0.39 is 0 Å². The van der Waals surface area contributed by atoms with Crippen LogP contribution in [0.1, 0.15) is 5.56 Å².